The maximum absolute atomic E-state index is 12.1. The van der Waals surface area contributed by atoms with Crippen LogP contribution in [-0.2, 0) is 9.53 Å². The maximum atomic E-state index is 12.1. The number of aliphatic hydroxyl groups excluding tert-OH is 1. The molecule has 0 radical (unpaired) electrons. The molecule has 0 saturated carbocycles. The lowest BCUT2D eigenvalue weighted by Gasteiger charge is -2.13. The Morgan fingerprint density at radius 3 is 2.38 bits per heavy atom. The molecular weight excluding hydrogens is 344 g/mol. The highest BCUT2D eigenvalue weighted by Crippen LogP contribution is 2.22. The van der Waals surface area contributed by atoms with Gasteiger partial charge < -0.3 is 14.9 Å². The van der Waals surface area contributed by atoms with Crippen LogP contribution in [0.2, 0.25) is 0 Å². The standard InChI is InChI=1S/C14H15BrO6/c1-3-21-14(20)10-6-8(12(17)13(18)19)4-5-9(10)11(16)7(2)15/h4-7,12,17H,3H2,1-2H3,(H,18,19). The van der Waals surface area contributed by atoms with E-state index >= 15 is 0 Å². The van der Waals surface area contributed by atoms with Crippen LogP contribution in [0.3, 0.4) is 0 Å². The van der Waals surface area contributed by atoms with Gasteiger partial charge in [-0.25, -0.2) is 9.59 Å². The lowest BCUT2D eigenvalue weighted by Crippen LogP contribution is -2.18. The average molecular weight is 359 g/mol. The molecule has 0 aliphatic heterocycles. The molecule has 0 aromatic heterocycles. The number of hydrogen-bond acceptors (Lipinski definition) is 5. The van der Waals surface area contributed by atoms with Gasteiger partial charge >= 0.3 is 11.9 Å². The van der Waals surface area contributed by atoms with E-state index in [4.69, 9.17) is 9.84 Å². The molecular formula is C14H15BrO6. The number of halogens is 1. The monoisotopic (exact) mass is 358 g/mol. The summed E-state index contributed by atoms with van der Waals surface area (Å²) in [5.74, 6) is -2.53. The number of aliphatic carboxylic acids is 1. The number of hydrogen-bond donors (Lipinski definition) is 2. The number of Topliss-reactive ketones (excluding diaryl/α,β-unsaturated/α-hetero) is 1. The summed E-state index contributed by atoms with van der Waals surface area (Å²) < 4.78 is 4.86. The van der Waals surface area contributed by atoms with E-state index in [1.807, 2.05) is 0 Å². The first-order chi connectivity index (χ1) is 9.79. The molecule has 7 heteroatoms. The predicted molar refractivity (Wildman–Crippen MR) is 77.7 cm³/mol. The molecule has 6 nitrogen and oxygen atoms in total. The third-order valence-electron chi connectivity index (χ3n) is 2.72. The van der Waals surface area contributed by atoms with E-state index in [1.54, 1.807) is 13.8 Å². The molecule has 0 amide bonds. The maximum Gasteiger partial charge on any atom is 0.338 e. The first-order valence-corrected chi connectivity index (χ1v) is 7.11. The van der Waals surface area contributed by atoms with Gasteiger partial charge in [0.25, 0.3) is 0 Å². The highest BCUT2D eigenvalue weighted by Gasteiger charge is 2.24. The number of ketones is 1. The van der Waals surface area contributed by atoms with Crippen molar-refractivity contribution in [3.63, 3.8) is 0 Å². The van der Waals surface area contributed by atoms with Crippen molar-refractivity contribution in [2.45, 2.75) is 24.8 Å². The summed E-state index contributed by atoms with van der Waals surface area (Å²) in [5.41, 5.74) is 0.0504. The zero-order valence-electron chi connectivity index (χ0n) is 11.5. The fourth-order valence-corrected chi connectivity index (χ4v) is 1.93. The van der Waals surface area contributed by atoms with E-state index in [2.05, 4.69) is 15.9 Å². The summed E-state index contributed by atoms with van der Waals surface area (Å²) in [5, 5.41) is 18.3. The van der Waals surface area contributed by atoms with Gasteiger partial charge in [0.1, 0.15) is 0 Å². The molecule has 0 bridgehead atoms. The van der Waals surface area contributed by atoms with Gasteiger partial charge in [-0.3, -0.25) is 4.79 Å². The minimum Gasteiger partial charge on any atom is -0.479 e. The zero-order valence-corrected chi connectivity index (χ0v) is 13.1. The molecule has 2 atom stereocenters. The minimum absolute atomic E-state index is 0.00401. The van der Waals surface area contributed by atoms with Crippen molar-refractivity contribution in [1.29, 1.82) is 0 Å². The smallest absolute Gasteiger partial charge is 0.338 e. The third-order valence-corrected chi connectivity index (χ3v) is 3.13. The molecule has 0 spiro atoms. The van der Waals surface area contributed by atoms with Crippen LogP contribution in [0.4, 0.5) is 0 Å². The Morgan fingerprint density at radius 2 is 1.90 bits per heavy atom. The minimum atomic E-state index is -1.77. The summed E-state index contributed by atoms with van der Waals surface area (Å²) in [7, 11) is 0. The van der Waals surface area contributed by atoms with Crippen molar-refractivity contribution in [2.24, 2.45) is 0 Å². The van der Waals surface area contributed by atoms with Gasteiger partial charge in [0.2, 0.25) is 0 Å². The molecule has 114 valence electrons. The van der Waals surface area contributed by atoms with Crippen LogP contribution in [0, 0.1) is 0 Å². The van der Waals surface area contributed by atoms with E-state index in [-0.39, 0.29) is 29.1 Å². The van der Waals surface area contributed by atoms with Gasteiger partial charge in [0, 0.05) is 5.56 Å². The Kier molecular flexibility index (Phi) is 6.04. The molecule has 2 unspecified atom stereocenters. The highest BCUT2D eigenvalue weighted by molar-refractivity contribution is 9.10. The van der Waals surface area contributed by atoms with Gasteiger partial charge in [-0.05, 0) is 25.5 Å². The molecule has 1 rings (SSSR count). The Hall–Kier alpha value is -1.73. The van der Waals surface area contributed by atoms with Gasteiger partial charge in [-0.1, -0.05) is 28.1 Å². The van der Waals surface area contributed by atoms with Crippen LogP contribution in [0.5, 0.6) is 0 Å². The molecule has 0 aliphatic carbocycles. The van der Waals surface area contributed by atoms with E-state index < -0.39 is 22.9 Å². The van der Waals surface area contributed by atoms with Crippen molar-refractivity contribution >= 4 is 33.7 Å². The Labute approximate surface area is 129 Å². The number of ether oxygens (including phenoxy) is 1. The number of carbonyl (C=O) groups is 3. The van der Waals surface area contributed by atoms with Crippen molar-refractivity contribution in [2.75, 3.05) is 6.61 Å². The number of carboxylic acids is 1. The van der Waals surface area contributed by atoms with Crippen LogP contribution in [-0.4, -0.2) is 39.4 Å². The molecule has 1 aromatic rings. The predicted octanol–water partition coefficient (Wildman–Crippen LogP) is 1.95. The number of benzene rings is 1. The molecule has 0 aliphatic rings. The van der Waals surface area contributed by atoms with Crippen molar-refractivity contribution in [3.05, 3.63) is 34.9 Å². The fourth-order valence-electron chi connectivity index (χ4n) is 1.68. The zero-order chi connectivity index (χ0) is 16.2. The lowest BCUT2D eigenvalue weighted by molar-refractivity contribution is -0.146. The lowest BCUT2D eigenvalue weighted by atomic mass is 9.97. The van der Waals surface area contributed by atoms with Crippen LogP contribution >= 0.6 is 15.9 Å². The van der Waals surface area contributed by atoms with E-state index in [0.29, 0.717) is 0 Å². The fraction of sp³-hybridized carbons (Fsp3) is 0.357. The second-order valence-corrected chi connectivity index (χ2v) is 5.62. The number of esters is 1. The normalized spacial score (nSPS) is 13.3. The molecule has 2 N–H and O–H groups in total. The largest absolute Gasteiger partial charge is 0.479 e. The van der Waals surface area contributed by atoms with E-state index in [9.17, 15) is 19.5 Å². The van der Waals surface area contributed by atoms with E-state index in [0.717, 1.165) is 0 Å². The summed E-state index contributed by atoms with van der Waals surface area (Å²) in [6.45, 7) is 3.34. The van der Waals surface area contributed by atoms with Crippen LogP contribution in [0.25, 0.3) is 0 Å². The van der Waals surface area contributed by atoms with Gasteiger partial charge in [0.15, 0.2) is 11.9 Å². The van der Waals surface area contributed by atoms with Crippen molar-refractivity contribution in [1.82, 2.24) is 0 Å². The van der Waals surface area contributed by atoms with Crippen LogP contribution in [0.1, 0.15) is 46.2 Å². The molecule has 1 aromatic carbocycles. The Balaban J connectivity index is 3.36. The summed E-state index contributed by atoms with van der Waals surface area (Å²) in [6, 6.07) is 3.78. The number of rotatable bonds is 6. The van der Waals surface area contributed by atoms with Crippen LogP contribution in [0.15, 0.2) is 18.2 Å². The topological polar surface area (TPSA) is 101 Å². The molecule has 0 fully saturated rings. The second kappa shape index (κ2) is 7.33. The Morgan fingerprint density at radius 1 is 1.29 bits per heavy atom. The highest BCUT2D eigenvalue weighted by atomic mass is 79.9. The molecule has 0 saturated heterocycles. The number of carbonyl (C=O) groups excluding carboxylic acids is 2. The third kappa shape index (κ3) is 4.12. The SMILES string of the molecule is CCOC(=O)c1cc(C(O)C(=O)O)ccc1C(=O)C(C)Br. The first kappa shape index (κ1) is 17.3. The van der Waals surface area contributed by atoms with Crippen molar-refractivity contribution < 1.29 is 29.3 Å². The van der Waals surface area contributed by atoms with Gasteiger partial charge in [-0.15, -0.1) is 0 Å². The van der Waals surface area contributed by atoms with Crippen molar-refractivity contribution in [3.8, 4) is 0 Å². The second-order valence-electron chi connectivity index (χ2n) is 4.25. The summed E-state index contributed by atoms with van der Waals surface area (Å²) >= 11 is 3.12. The first-order valence-electron chi connectivity index (χ1n) is 6.19. The summed E-state index contributed by atoms with van der Waals surface area (Å²) in [4.78, 5) is 34.3. The van der Waals surface area contributed by atoms with Gasteiger partial charge in [-0.2, -0.15) is 0 Å². The number of aliphatic hydroxyl groups is 1. The van der Waals surface area contributed by atoms with Crippen LogP contribution < -0.4 is 0 Å². The number of alkyl halides is 1. The average Bonchev–Trinajstić information content (AvgIpc) is 2.45. The van der Waals surface area contributed by atoms with E-state index in [1.165, 1.54) is 18.2 Å². The quantitative estimate of drug-likeness (QED) is 0.457. The number of carboxylic acid groups (broad SMARTS) is 1. The van der Waals surface area contributed by atoms with Gasteiger partial charge in [0.05, 0.1) is 17.0 Å². The molecule has 21 heavy (non-hydrogen) atoms. The summed E-state index contributed by atoms with van der Waals surface area (Å²) in [6.07, 6.45) is -1.77. The Bertz CT molecular complexity index is 567. The molecule has 0 heterocycles.